The lowest BCUT2D eigenvalue weighted by Crippen LogP contribution is -2.47. The van der Waals surface area contributed by atoms with Crippen LogP contribution in [0, 0.1) is 16.7 Å². The average molecular weight is 412 g/mol. The molecule has 0 saturated carbocycles. The van der Waals surface area contributed by atoms with Crippen LogP contribution in [-0.2, 0) is 25.5 Å². The number of ether oxygens (including phenoxy) is 1. The quantitative estimate of drug-likeness (QED) is 0.341. The maximum atomic E-state index is 12.5. The van der Waals surface area contributed by atoms with Crippen molar-refractivity contribution in [3.63, 3.8) is 0 Å². The van der Waals surface area contributed by atoms with Gasteiger partial charge in [-0.1, -0.05) is 0 Å². The van der Waals surface area contributed by atoms with Crippen LogP contribution in [0.15, 0.2) is 24.4 Å². The van der Waals surface area contributed by atoms with Crippen LogP contribution in [0.25, 0.3) is 10.9 Å². The normalized spacial score (nSPS) is 12.8. The SMILES string of the molecule is CC(C)OC(=O)[C@H](CCC(=O)C=N)NC(=O)[C@@H](O)Cc1c[nH]c2ccc(C#N)cc12. The molecule has 9 heteroatoms. The van der Waals surface area contributed by atoms with Crippen LogP contribution in [0.3, 0.4) is 0 Å². The predicted molar refractivity (Wildman–Crippen MR) is 109 cm³/mol. The Morgan fingerprint density at radius 2 is 2.10 bits per heavy atom. The number of carbonyl (C=O) groups is 3. The van der Waals surface area contributed by atoms with Gasteiger partial charge in [0.25, 0.3) is 0 Å². The van der Waals surface area contributed by atoms with Gasteiger partial charge in [0.1, 0.15) is 12.1 Å². The Labute approximate surface area is 173 Å². The molecule has 0 aliphatic carbocycles. The van der Waals surface area contributed by atoms with Gasteiger partial charge in [-0.2, -0.15) is 5.26 Å². The molecule has 0 aliphatic rings. The minimum Gasteiger partial charge on any atom is -0.461 e. The van der Waals surface area contributed by atoms with Crippen molar-refractivity contribution in [3.05, 3.63) is 35.5 Å². The van der Waals surface area contributed by atoms with E-state index in [4.69, 9.17) is 15.4 Å². The summed E-state index contributed by atoms with van der Waals surface area (Å²) in [6, 6.07) is 5.99. The van der Waals surface area contributed by atoms with Crippen molar-refractivity contribution < 1.29 is 24.2 Å². The number of benzene rings is 1. The van der Waals surface area contributed by atoms with E-state index in [-0.39, 0.29) is 19.3 Å². The summed E-state index contributed by atoms with van der Waals surface area (Å²) in [5.41, 5.74) is 1.86. The molecule has 2 atom stereocenters. The number of aliphatic hydroxyl groups is 1. The van der Waals surface area contributed by atoms with E-state index in [0.717, 1.165) is 5.52 Å². The number of aromatic amines is 1. The number of fused-ring (bicyclic) bond motifs is 1. The number of nitriles is 1. The lowest BCUT2D eigenvalue weighted by Gasteiger charge is -2.20. The number of carbonyl (C=O) groups excluding carboxylic acids is 3. The van der Waals surface area contributed by atoms with Crippen LogP contribution in [-0.4, -0.2) is 52.2 Å². The summed E-state index contributed by atoms with van der Waals surface area (Å²) in [4.78, 5) is 39.1. The van der Waals surface area contributed by atoms with Gasteiger partial charge in [-0.05, 0) is 44.0 Å². The average Bonchev–Trinajstić information content (AvgIpc) is 3.11. The first kappa shape index (κ1) is 22.8. The zero-order valence-electron chi connectivity index (χ0n) is 16.8. The van der Waals surface area contributed by atoms with Gasteiger partial charge in [-0.15, -0.1) is 0 Å². The molecule has 0 radical (unpaired) electrons. The number of nitrogens with zero attached hydrogens (tertiary/aromatic N) is 1. The first-order chi connectivity index (χ1) is 14.2. The Morgan fingerprint density at radius 3 is 2.73 bits per heavy atom. The molecule has 4 N–H and O–H groups in total. The van der Waals surface area contributed by atoms with Gasteiger partial charge >= 0.3 is 5.97 Å². The summed E-state index contributed by atoms with van der Waals surface area (Å²) in [7, 11) is 0. The zero-order valence-corrected chi connectivity index (χ0v) is 16.8. The van der Waals surface area contributed by atoms with Crippen molar-refractivity contribution in [3.8, 4) is 6.07 Å². The molecule has 9 nitrogen and oxygen atoms in total. The number of nitrogens with one attached hydrogen (secondary N) is 3. The monoisotopic (exact) mass is 412 g/mol. The van der Waals surface area contributed by atoms with Crippen LogP contribution in [0.4, 0.5) is 0 Å². The molecule has 2 rings (SSSR count). The smallest absolute Gasteiger partial charge is 0.328 e. The number of aromatic nitrogens is 1. The molecule has 0 bridgehead atoms. The van der Waals surface area contributed by atoms with Crippen molar-refractivity contribution in [2.45, 2.75) is 51.4 Å². The Hall–Kier alpha value is -3.51. The number of rotatable bonds is 10. The van der Waals surface area contributed by atoms with E-state index in [0.29, 0.717) is 22.7 Å². The Bertz CT molecular complexity index is 989. The molecule has 30 heavy (non-hydrogen) atoms. The van der Waals surface area contributed by atoms with Crippen molar-refractivity contribution in [1.82, 2.24) is 10.3 Å². The molecular weight excluding hydrogens is 388 g/mol. The minimum atomic E-state index is -1.46. The fraction of sp³-hybridized carbons (Fsp3) is 0.381. The van der Waals surface area contributed by atoms with E-state index < -0.39 is 35.9 Å². The molecule has 0 aliphatic heterocycles. The van der Waals surface area contributed by atoms with E-state index in [1.165, 1.54) is 0 Å². The summed E-state index contributed by atoms with van der Waals surface area (Å²) in [5.74, 6) is -1.98. The number of aliphatic hydroxyl groups excluding tert-OH is 1. The van der Waals surface area contributed by atoms with Gasteiger partial charge in [0, 0.05) is 29.9 Å². The molecule has 2 aromatic rings. The predicted octanol–water partition coefficient (Wildman–Crippen LogP) is 1.38. The molecule has 1 aromatic carbocycles. The lowest BCUT2D eigenvalue weighted by atomic mass is 10.0. The molecule has 1 amide bonds. The Balaban J connectivity index is 2.10. The van der Waals surface area contributed by atoms with Crippen molar-refractivity contribution in [2.75, 3.05) is 0 Å². The first-order valence-electron chi connectivity index (χ1n) is 9.47. The third-order valence-corrected chi connectivity index (χ3v) is 4.41. The molecule has 1 heterocycles. The standard InChI is InChI=1S/C21H24N4O5/c1-12(2)30-21(29)18(6-4-15(26)10-23)25-20(28)19(27)8-14-11-24-17-5-3-13(9-22)7-16(14)17/h3,5,7,10-12,18-19,23-24,27H,4,6,8H2,1-2H3,(H,25,28)/t18-,19-/m0/s1. The Morgan fingerprint density at radius 1 is 1.37 bits per heavy atom. The number of hydrogen-bond donors (Lipinski definition) is 4. The summed E-state index contributed by atoms with van der Waals surface area (Å²) >= 11 is 0. The third-order valence-electron chi connectivity index (χ3n) is 4.41. The molecule has 0 spiro atoms. The molecule has 158 valence electrons. The maximum Gasteiger partial charge on any atom is 0.328 e. The lowest BCUT2D eigenvalue weighted by molar-refractivity contribution is -0.152. The topological polar surface area (TPSA) is 156 Å². The molecule has 0 unspecified atom stereocenters. The second kappa shape index (κ2) is 10.3. The van der Waals surface area contributed by atoms with Gasteiger partial charge in [-0.25, -0.2) is 4.79 Å². The fourth-order valence-electron chi connectivity index (χ4n) is 2.91. The van der Waals surface area contributed by atoms with Crippen LogP contribution >= 0.6 is 0 Å². The van der Waals surface area contributed by atoms with Gasteiger partial charge in [0.2, 0.25) is 5.91 Å². The number of H-pyrrole nitrogens is 1. The molecule has 1 aromatic heterocycles. The zero-order chi connectivity index (χ0) is 22.3. The van der Waals surface area contributed by atoms with Crippen molar-refractivity contribution in [1.29, 1.82) is 10.7 Å². The molecular formula is C21H24N4O5. The number of amides is 1. The van der Waals surface area contributed by atoms with Crippen LogP contribution in [0.2, 0.25) is 0 Å². The summed E-state index contributed by atoms with van der Waals surface area (Å²) < 4.78 is 5.11. The van der Waals surface area contributed by atoms with E-state index in [9.17, 15) is 19.5 Å². The van der Waals surface area contributed by atoms with E-state index >= 15 is 0 Å². The summed E-state index contributed by atoms with van der Waals surface area (Å²) in [6.45, 7) is 3.31. The highest BCUT2D eigenvalue weighted by Gasteiger charge is 2.27. The minimum absolute atomic E-state index is 0.0356. The fourth-order valence-corrected chi connectivity index (χ4v) is 2.91. The number of hydrogen-bond acceptors (Lipinski definition) is 7. The van der Waals surface area contributed by atoms with Gasteiger partial charge in [-0.3, -0.25) is 9.59 Å². The number of ketones is 1. The van der Waals surface area contributed by atoms with Crippen LogP contribution in [0.5, 0.6) is 0 Å². The first-order valence-corrected chi connectivity index (χ1v) is 9.47. The molecule has 0 saturated heterocycles. The molecule has 0 fully saturated rings. The highest BCUT2D eigenvalue weighted by Crippen LogP contribution is 2.21. The van der Waals surface area contributed by atoms with Gasteiger partial charge < -0.3 is 25.6 Å². The van der Waals surface area contributed by atoms with E-state index in [1.807, 2.05) is 6.07 Å². The van der Waals surface area contributed by atoms with Gasteiger partial charge in [0.15, 0.2) is 5.78 Å². The third kappa shape index (κ3) is 5.99. The highest BCUT2D eigenvalue weighted by molar-refractivity contribution is 6.26. The Kier molecular flexibility index (Phi) is 7.83. The number of esters is 1. The highest BCUT2D eigenvalue weighted by atomic mass is 16.5. The summed E-state index contributed by atoms with van der Waals surface area (Å²) in [5, 5.41) is 29.5. The number of Topliss-reactive ketones (excluding diaryl/α,β-unsaturated/α-hetero) is 1. The van der Waals surface area contributed by atoms with E-state index in [2.05, 4.69) is 10.3 Å². The maximum absolute atomic E-state index is 12.5. The van der Waals surface area contributed by atoms with Crippen molar-refractivity contribution >= 4 is 34.8 Å². The van der Waals surface area contributed by atoms with Crippen molar-refractivity contribution in [2.24, 2.45) is 0 Å². The summed E-state index contributed by atoms with van der Waals surface area (Å²) in [6.07, 6.45) is 0.229. The van der Waals surface area contributed by atoms with Gasteiger partial charge in [0.05, 0.1) is 24.0 Å². The second-order valence-corrected chi connectivity index (χ2v) is 7.10. The second-order valence-electron chi connectivity index (χ2n) is 7.10. The van der Waals surface area contributed by atoms with Crippen LogP contribution in [0.1, 0.15) is 37.8 Å². The largest absolute Gasteiger partial charge is 0.461 e. The van der Waals surface area contributed by atoms with E-state index in [1.54, 1.807) is 38.2 Å². The van der Waals surface area contributed by atoms with Crippen LogP contribution < -0.4 is 5.32 Å².